The topological polar surface area (TPSA) is 63.2 Å². The lowest BCUT2D eigenvalue weighted by atomic mass is 10.1. The van der Waals surface area contributed by atoms with Gasteiger partial charge in [0.25, 0.3) is 5.91 Å². The molecular weight excluding hydrogens is 293 g/mol. The normalized spacial score (nSPS) is 25.2. The third kappa shape index (κ3) is 3.25. The fraction of sp³-hybridized carbons (Fsp3) is 0.417. The van der Waals surface area contributed by atoms with Crippen molar-refractivity contribution < 1.29 is 17.6 Å². The van der Waals surface area contributed by atoms with Crippen LogP contribution >= 0.6 is 11.6 Å². The summed E-state index contributed by atoms with van der Waals surface area (Å²) in [6.45, 7) is 1.74. The van der Waals surface area contributed by atoms with Crippen LogP contribution in [-0.2, 0) is 9.84 Å². The lowest BCUT2D eigenvalue weighted by Gasteiger charge is -2.14. The van der Waals surface area contributed by atoms with E-state index >= 15 is 0 Å². The van der Waals surface area contributed by atoms with E-state index in [1.54, 1.807) is 13.0 Å². The molecule has 1 aliphatic rings. The summed E-state index contributed by atoms with van der Waals surface area (Å²) in [7, 11) is -3.23. The Morgan fingerprint density at radius 1 is 1.42 bits per heavy atom. The van der Waals surface area contributed by atoms with E-state index in [0.717, 1.165) is 5.56 Å². The quantitative estimate of drug-likeness (QED) is 0.837. The van der Waals surface area contributed by atoms with Crippen molar-refractivity contribution in [1.82, 2.24) is 5.32 Å². The molecule has 1 amide bonds. The molecule has 1 aromatic carbocycles. The van der Waals surface area contributed by atoms with Crippen molar-refractivity contribution in [2.24, 2.45) is 0 Å². The molecule has 0 bridgehead atoms. The highest BCUT2D eigenvalue weighted by Crippen LogP contribution is 2.19. The lowest BCUT2D eigenvalue weighted by Crippen LogP contribution is -2.41. The molecule has 1 heterocycles. The van der Waals surface area contributed by atoms with Gasteiger partial charge in [0, 0.05) is 0 Å². The van der Waals surface area contributed by atoms with Crippen molar-refractivity contribution in [3.05, 3.63) is 35.1 Å². The third-order valence-corrected chi connectivity index (χ3v) is 5.34. The standard InChI is InChI=1S/C12H13ClFNO3S/c1-7-2-3-10(14)8(4-7)12(16)15-11-6-19(17,18)5-9(11)13/h2-4,9,11H,5-6H2,1H3,(H,15,16). The summed E-state index contributed by atoms with van der Waals surface area (Å²) in [4.78, 5) is 11.9. The summed E-state index contributed by atoms with van der Waals surface area (Å²) < 4.78 is 36.3. The van der Waals surface area contributed by atoms with E-state index in [1.807, 2.05) is 0 Å². The summed E-state index contributed by atoms with van der Waals surface area (Å²) >= 11 is 5.88. The second kappa shape index (κ2) is 5.09. The Morgan fingerprint density at radius 2 is 2.11 bits per heavy atom. The first-order valence-electron chi connectivity index (χ1n) is 5.70. The number of sulfone groups is 1. The van der Waals surface area contributed by atoms with Crippen LogP contribution in [0.15, 0.2) is 18.2 Å². The minimum Gasteiger partial charge on any atom is -0.347 e. The zero-order valence-electron chi connectivity index (χ0n) is 10.2. The van der Waals surface area contributed by atoms with Gasteiger partial charge in [0.15, 0.2) is 9.84 Å². The van der Waals surface area contributed by atoms with Gasteiger partial charge in [-0.2, -0.15) is 0 Å². The second-order valence-electron chi connectivity index (χ2n) is 4.66. The molecule has 2 atom stereocenters. The average Bonchev–Trinajstić information content (AvgIpc) is 2.55. The summed E-state index contributed by atoms with van der Waals surface area (Å²) in [5, 5.41) is 1.80. The molecule has 1 fully saturated rings. The minimum absolute atomic E-state index is 0.104. The smallest absolute Gasteiger partial charge is 0.254 e. The maximum Gasteiger partial charge on any atom is 0.254 e. The fourth-order valence-corrected chi connectivity index (χ4v) is 4.55. The van der Waals surface area contributed by atoms with Crippen molar-refractivity contribution >= 4 is 27.3 Å². The first-order valence-corrected chi connectivity index (χ1v) is 7.96. The maximum atomic E-state index is 13.5. The minimum atomic E-state index is -3.23. The molecule has 2 unspecified atom stereocenters. The van der Waals surface area contributed by atoms with Crippen LogP contribution in [0.3, 0.4) is 0 Å². The van der Waals surface area contributed by atoms with Gasteiger partial charge in [-0.1, -0.05) is 11.6 Å². The number of alkyl halides is 1. The van der Waals surface area contributed by atoms with Gasteiger partial charge in [-0.25, -0.2) is 12.8 Å². The van der Waals surface area contributed by atoms with Gasteiger partial charge in [-0.3, -0.25) is 4.79 Å². The highest BCUT2D eigenvalue weighted by Gasteiger charge is 2.37. The van der Waals surface area contributed by atoms with Gasteiger partial charge in [0.2, 0.25) is 0 Å². The molecule has 1 saturated heterocycles. The van der Waals surface area contributed by atoms with E-state index in [0.29, 0.717) is 0 Å². The lowest BCUT2D eigenvalue weighted by molar-refractivity contribution is 0.0937. The Kier molecular flexibility index (Phi) is 3.82. The van der Waals surface area contributed by atoms with Gasteiger partial charge < -0.3 is 5.32 Å². The number of nitrogens with one attached hydrogen (secondary N) is 1. The number of aryl methyl sites for hydroxylation is 1. The van der Waals surface area contributed by atoms with Crippen LogP contribution in [0.2, 0.25) is 0 Å². The van der Waals surface area contributed by atoms with Crippen molar-refractivity contribution in [2.75, 3.05) is 11.5 Å². The Hall–Kier alpha value is -1.14. The van der Waals surface area contributed by atoms with Crippen molar-refractivity contribution in [2.45, 2.75) is 18.3 Å². The molecule has 1 aliphatic heterocycles. The molecule has 104 valence electrons. The van der Waals surface area contributed by atoms with Crippen molar-refractivity contribution in [3.63, 3.8) is 0 Å². The number of hydrogen-bond acceptors (Lipinski definition) is 3. The molecule has 19 heavy (non-hydrogen) atoms. The van der Waals surface area contributed by atoms with Crippen LogP contribution in [0.25, 0.3) is 0 Å². The van der Waals surface area contributed by atoms with Crippen LogP contribution in [0.4, 0.5) is 4.39 Å². The number of carbonyl (C=O) groups excluding carboxylic acids is 1. The Bertz CT molecular complexity index is 617. The number of halogens is 2. The van der Waals surface area contributed by atoms with Crippen LogP contribution in [0.5, 0.6) is 0 Å². The summed E-state index contributed by atoms with van der Waals surface area (Å²) in [6.07, 6.45) is 0. The zero-order chi connectivity index (χ0) is 14.2. The molecule has 2 rings (SSSR count). The number of amides is 1. The van der Waals surface area contributed by atoms with Crippen LogP contribution in [0.1, 0.15) is 15.9 Å². The maximum absolute atomic E-state index is 13.5. The first kappa shape index (κ1) is 14.3. The molecule has 0 spiro atoms. The van der Waals surface area contributed by atoms with Gasteiger partial charge in [-0.15, -0.1) is 11.6 Å². The molecule has 1 aromatic rings. The van der Waals surface area contributed by atoms with E-state index in [1.165, 1.54) is 12.1 Å². The average molecular weight is 306 g/mol. The Labute approximate surface area is 115 Å². The van der Waals surface area contributed by atoms with Gasteiger partial charge in [0.05, 0.1) is 28.5 Å². The van der Waals surface area contributed by atoms with Crippen molar-refractivity contribution in [3.8, 4) is 0 Å². The Morgan fingerprint density at radius 3 is 2.68 bits per heavy atom. The van der Waals surface area contributed by atoms with E-state index < -0.39 is 33.0 Å². The Balaban J connectivity index is 2.16. The third-order valence-electron chi connectivity index (χ3n) is 2.97. The molecule has 0 radical (unpaired) electrons. The number of carbonyl (C=O) groups is 1. The molecular formula is C12H13ClFNO3S. The van der Waals surface area contributed by atoms with Gasteiger partial charge in [-0.05, 0) is 19.1 Å². The zero-order valence-corrected chi connectivity index (χ0v) is 11.8. The van der Waals surface area contributed by atoms with Crippen LogP contribution < -0.4 is 5.32 Å². The van der Waals surface area contributed by atoms with E-state index in [-0.39, 0.29) is 17.1 Å². The largest absolute Gasteiger partial charge is 0.347 e. The van der Waals surface area contributed by atoms with Crippen molar-refractivity contribution in [1.29, 1.82) is 0 Å². The monoisotopic (exact) mass is 305 g/mol. The highest BCUT2D eigenvalue weighted by molar-refractivity contribution is 7.91. The molecule has 0 aliphatic carbocycles. The first-order chi connectivity index (χ1) is 8.78. The highest BCUT2D eigenvalue weighted by atomic mass is 35.5. The summed E-state index contributed by atoms with van der Waals surface area (Å²) in [6, 6.07) is 3.49. The van der Waals surface area contributed by atoms with Crippen LogP contribution in [0, 0.1) is 12.7 Å². The summed E-state index contributed by atoms with van der Waals surface area (Å²) in [5.41, 5.74) is 0.640. The SMILES string of the molecule is Cc1ccc(F)c(C(=O)NC2CS(=O)(=O)CC2Cl)c1. The number of hydrogen-bond donors (Lipinski definition) is 1. The van der Waals surface area contributed by atoms with E-state index in [2.05, 4.69) is 5.32 Å². The van der Waals surface area contributed by atoms with E-state index in [9.17, 15) is 17.6 Å². The van der Waals surface area contributed by atoms with Crippen LogP contribution in [-0.4, -0.2) is 37.2 Å². The molecule has 4 nitrogen and oxygen atoms in total. The number of rotatable bonds is 2. The second-order valence-corrected chi connectivity index (χ2v) is 7.37. The number of benzene rings is 1. The summed E-state index contributed by atoms with van der Waals surface area (Å²) in [5.74, 6) is -1.67. The molecule has 0 aromatic heterocycles. The molecule has 0 saturated carbocycles. The van der Waals surface area contributed by atoms with Gasteiger partial charge >= 0.3 is 0 Å². The molecule has 1 N–H and O–H groups in total. The predicted octanol–water partition coefficient (Wildman–Crippen LogP) is 1.27. The van der Waals surface area contributed by atoms with E-state index in [4.69, 9.17) is 11.6 Å². The van der Waals surface area contributed by atoms with Gasteiger partial charge in [0.1, 0.15) is 5.82 Å². The predicted molar refractivity (Wildman–Crippen MR) is 70.7 cm³/mol. The molecule has 7 heteroatoms. The fourth-order valence-electron chi connectivity index (χ4n) is 2.00.